The first-order chi connectivity index (χ1) is 31.5. The molecule has 0 bridgehead atoms. The largest absolute Gasteiger partial charge is 0.500 e. The van der Waals surface area contributed by atoms with Crippen molar-refractivity contribution in [1.82, 2.24) is 0 Å². The predicted octanol–water partition coefficient (Wildman–Crippen LogP) is 6.37. The summed E-state index contributed by atoms with van der Waals surface area (Å²) >= 11 is 0. The second kappa shape index (κ2) is 31.9. The summed E-state index contributed by atoms with van der Waals surface area (Å²) < 4.78 is 163. The first kappa shape index (κ1) is 66.6. The highest BCUT2D eigenvalue weighted by atomic mass is 28.4. The molecule has 0 atom stereocenters. The first-order valence-electron chi connectivity index (χ1n) is 21.6. The van der Waals surface area contributed by atoms with Crippen molar-refractivity contribution in [1.29, 1.82) is 0 Å². The molecule has 0 fully saturated rings. The van der Waals surface area contributed by atoms with Crippen molar-refractivity contribution < 1.29 is 108 Å². The second-order valence-electron chi connectivity index (χ2n) is 15.5. The molecule has 0 radical (unpaired) electrons. The molecule has 20 nitrogen and oxygen atoms in total. The fourth-order valence-corrected chi connectivity index (χ4v) is 16.6. The van der Waals surface area contributed by atoms with Crippen LogP contribution in [0.25, 0.3) is 0 Å². The van der Waals surface area contributed by atoms with Gasteiger partial charge in [0.25, 0.3) is 0 Å². The average Bonchev–Trinajstić information content (AvgIpc) is 3.33. The van der Waals surface area contributed by atoms with E-state index in [2.05, 4.69) is 9.47 Å². The second-order valence-corrected chi connectivity index (χ2v) is 31.0. The van der Waals surface area contributed by atoms with Crippen molar-refractivity contribution in [3.8, 4) is 0 Å². The molecule has 0 aromatic heterocycles. The van der Waals surface area contributed by atoms with Crippen LogP contribution in [0.4, 0.5) is 17.6 Å². The van der Waals surface area contributed by atoms with E-state index in [0.717, 1.165) is 0 Å². The normalized spacial score (nSPS) is 14.0. The molecule has 67 heavy (non-hydrogen) atoms. The summed E-state index contributed by atoms with van der Waals surface area (Å²) in [6, 6.07) is 1.30. The number of esters is 1. The predicted molar refractivity (Wildman–Crippen MR) is 244 cm³/mol. The zero-order chi connectivity index (χ0) is 51.5. The molecule has 0 spiro atoms. The average molecular weight is 1080 g/mol. The molecule has 0 N–H and O–H groups in total. The highest BCUT2D eigenvalue weighted by molar-refractivity contribution is 6.62. The molecule has 0 aromatic carbocycles. The van der Waals surface area contributed by atoms with Gasteiger partial charge in [-0.2, -0.15) is 8.78 Å². The van der Waals surface area contributed by atoms with Crippen LogP contribution in [-0.2, 0) is 90.1 Å². The Bertz CT molecular complexity index is 1190. The Hall–Kier alpha value is -0.446. The van der Waals surface area contributed by atoms with Crippen LogP contribution in [0.2, 0.25) is 30.2 Å². The first-order valence-corrected chi connectivity index (χ1v) is 31.3. The van der Waals surface area contributed by atoms with Gasteiger partial charge >= 0.3 is 62.4 Å². The molecule has 0 rings (SSSR count). The quantitative estimate of drug-likeness (QED) is 0.0283. The number of ether oxygens (including phenoxy) is 4. The van der Waals surface area contributed by atoms with Crippen LogP contribution in [-0.4, -0.2) is 195 Å². The fourth-order valence-electron chi connectivity index (χ4n) is 7.95. The van der Waals surface area contributed by atoms with Crippen LogP contribution in [0, 0.1) is 5.41 Å². The maximum Gasteiger partial charge on any atom is 0.500 e. The molecule has 0 aliphatic carbocycles. The molecule has 29 heteroatoms. The van der Waals surface area contributed by atoms with E-state index < -0.39 is 86.6 Å². The monoisotopic (exact) mass is 1070 g/mol. The van der Waals surface area contributed by atoms with Crippen LogP contribution in [0.5, 0.6) is 0 Å². The third-order valence-corrected chi connectivity index (χ3v) is 26.4. The zero-order valence-electron chi connectivity index (χ0n) is 42.7. The minimum Gasteiger partial charge on any atom is -0.456 e. The van der Waals surface area contributed by atoms with Crippen molar-refractivity contribution >= 4 is 50.0 Å². The number of hydrogen-bond donors (Lipinski definition) is 0. The van der Waals surface area contributed by atoms with E-state index in [1.807, 2.05) is 0 Å². The molecule has 0 aliphatic heterocycles. The number of rotatable bonds is 44. The molecule has 0 saturated carbocycles. The number of alkyl halides is 4. The fraction of sp³-hybridized carbons (Fsp3) is 0.974. The van der Waals surface area contributed by atoms with Gasteiger partial charge in [-0.25, -0.2) is 4.74 Å². The lowest BCUT2D eigenvalue weighted by Gasteiger charge is -2.41. The lowest BCUT2D eigenvalue weighted by molar-refractivity contribution is -0.466. The SMILES string of the molecule is COC(F)(F)OC(F)(F)COCC(CCC[Si](OC)(OC)OC)(CCC[Si](OC)(OC)OC)OC(=O)C(CCC[Si](OC)(OC)OC)(CCC[Si](OC)(OC)OC)CCC[Si](OC)(OC)OC. The minimum absolute atomic E-state index is 0.0328. The van der Waals surface area contributed by atoms with Crippen LogP contribution >= 0.6 is 0 Å². The van der Waals surface area contributed by atoms with E-state index in [1.54, 1.807) is 0 Å². The van der Waals surface area contributed by atoms with Gasteiger partial charge in [-0.05, 0) is 64.2 Å². The molecule has 402 valence electrons. The molecule has 0 saturated heterocycles. The summed E-state index contributed by atoms with van der Waals surface area (Å²) in [5.41, 5.74) is -3.07. The molecule has 0 aliphatic rings. The Morgan fingerprint density at radius 2 is 0.642 bits per heavy atom. The van der Waals surface area contributed by atoms with E-state index in [-0.39, 0.29) is 57.0 Å². The van der Waals surface area contributed by atoms with Crippen molar-refractivity contribution in [2.24, 2.45) is 5.41 Å². The summed E-state index contributed by atoms with van der Waals surface area (Å²) in [5.74, 6) is -0.703. The third-order valence-electron chi connectivity index (χ3n) is 12.2. The Morgan fingerprint density at radius 1 is 0.388 bits per heavy atom. The number of hydrogen-bond acceptors (Lipinski definition) is 20. The van der Waals surface area contributed by atoms with E-state index in [0.29, 0.717) is 44.5 Å². The Kier molecular flexibility index (Phi) is 31.7. The van der Waals surface area contributed by atoms with E-state index in [1.165, 1.54) is 107 Å². The molecule has 0 aromatic rings. The minimum atomic E-state index is -4.64. The molecule has 0 amide bonds. The molecule has 0 unspecified atom stereocenters. The molecular weight excluding hydrogens is 993 g/mol. The standard InChI is InChI=1S/C38H82F4O20Si5/c1-44-38(41,42)62-37(39,40)33-60-32-36(25-20-30-66(54-11,55-12)56-13,26-21-31-67(57-14,58-15)59-16)61-34(43)35(22-17-27-63(45-2,46-3)47-4,23-18-28-64(48-5,49-6)50-7)24-19-29-65(51-8,52-9)53-10/h17-33H2,1-16H3. The Morgan fingerprint density at radius 3 is 0.881 bits per heavy atom. The lowest BCUT2D eigenvalue weighted by Crippen LogP contribution is -2.49. The van der Waals surface area contributed by atoms with Gasteiger partial charge < -0.3 is 75.9 Å². The van der Waals surface area contributed by atoms with Crippen molar-refractivity contribution in [2.45, 2.75) is 112 Å². The van der Waals surface area contributed by atoms with E-state index in [9.17, 15) is 8.78 Å². The van der Waals surface area contributed by atoms with Crippen LogP contribution in [0.15, 0.2) is 0 Å². The lowest BCUT2D eigenvalue weighted by atomic mass is 9.75. The summed E-state index contributed by atoms with van der Waals surface area (Å²) in [7, 11) is 6.34. The molecule has 0 heterocycles. The van der Waals surface area contributed by atoms with Crippen molar-refractivity contribution in [2.75, 3.05) is 127 Å². The van der Waals surface area contributed by atoms with E-state index >= 15 is 13.6 Å². The number of carbonyl (C=O) groups excluding carboxylic acids is 1. The Balaban J connectivity index is 8.02. The van der Waals surface area contributed by atoms with Crippen LogP contribution in [0.1, 0.15) is 64.2 Å². The van der Waals surface area contributed by atoms with Gasteiger partial charge in [0.15, 0.2) is 0 Å². The van der Waals surface area contributed by atoms with Gasteiger partial charge in [0.2, 0.25) is 0 Å². The van der Waals surface area contributed by atoms with Gasteiger partial charge in [-0.3, -0.25) is 9.53 Å². The van der Waals surface area contributed by atoms with Gasteiger partial charge in [-0.15, -0.1) is 8.78 Å². The van der Waals surface area contributed by atoms with Gasteiger partial charge in [0.05, 0.1) is 12.0 Å². The van der Waals surface area contributed by atoms with Gasteiger partial charge in [0.1, 0.15) is 12.2 Å². The third kappa shape index (κ3) is 20.9. The summed E-state index contributed by atoms with van der Waals surface area (Å²) in [5, 5.41) is 0. The number of halogens is 4. The zero-order valence-corrected chi connectivity index (χ0v) is 47.7. The van der Waals surface area contributed by atoms with Crippen LogP contribution in [0.3, 0.4) is 0 Å². The van der Waals surface area contributed by atoms with Crippen molar-refractivity contribution in [3.63, 3.8) is 0 Å². The maximum atomic E-state index is 15.7. The Labute approximate surface area is 401 Å². The van der Waals surface area contributed by atoms with Crippen LogP contribution < -0.4 is 0 Å². The summed E-state index contributed by atoms with van der Waals surface area (Å²) in [4.78, 5) is 15.7. The molecular formula is C38H82F4O20Si5. The smallest absolute Gasteiger partial charge is 0.456 e. The van der Waals surface area contributed by atoms with Gasteiger partial charge in [-0.1, -0.05) is 0 Å². The number of carbonyl (C=O) groups is 1. The summed E-state index contributed by atoms with van der Waals surface area (Å²) in [6.07, 6.45) is -7.28. The highest BCUT2D eigenvalue weighted by Crippen LogP contribution is 2.44. The topological polar surface area (TPSA) is 192 Å². The van der Waals surface area contributed by atoms with Crippen molar-refractivity contribution in [3.05, 3.63) is 0 Å². The van der Waals surface area contributed by atoms with E-state index in [4.69, 9.17) is 75.9 Å². The maximum absolute atomic E-state index is 15.7. The summed E-state index contributed by atoms with van der Waals surface area (Å²) in [6.45, 7) is -2.37. The highest BCUT2D eigenvalue weighted by Gasteiger charge is 2.51. The van der Waals surface area contributed by atoms with Gasteiger partial charge in [0, 0.05) is 144 Å². The number of methoxy groups -OCH3 is 1.